The van der Waals surface area contributed by atoms with Gasteiger partial charge in [0.2, 0.25) is 0 Å². The summed E-state index contributed by atoms with van der Waals surface area (Å²) in [6.45, 7) is 8.84. The van der Waals surface area contributed by atoms with Gasteiger partial charge in [-0.25, -0.2) is 0 Å². The summed E-state index contributed by atoms with van der Waals surface area (Å²) in [5, 5.41) is 12.7. The fourth-order valence-electron chi connectivity index (χ4n) is 4.54. The molecule has 2 aromatic rings. The monoisotopic (exact) mass is 533 g/mol. The Kier molecular flexibility index (Phi) is 9.62. The number of nitrogens with two attached hydrogens (primary N) is 1. The first-order chi connectivity index (χ1) is 16.3. The number of amides is 1. The third-order valence-electron chi connectivity index (χ3n) is 6.01. The molecule has 0 bridgehead atoms. The van der Waals surface area contributed by atoms with Gasteiger partial charge in [-0.1, -0.05) is 22.0 Å². The van der Waals surface area contributed by atoms with Gasteiger partial charge in [-0.15, -0.1) is 0 Å². The van der Waals surface area contributed by atoms with E-state index in [-0.39, 0.29) is 18.7 Å². The fraction of sp³-hybridized carbons (Fsp3) is 0.500. The van der Waals surface area contributed by atoms with Crippen LogP contribution in [0.25, 0.3) is 0 Å². The highest BCUT2D eigenvalue weighted by atomic mass is 79.9. The Labute approximate surface area is 210 Å². The van der Waals surface area contributed by atoms with Crippen molar-refractivity contribution in [2.45, 2.75) is 52.1 Å². The molecule has 2 atom stereocenters. The second kappa shape index (κ2) is 12.4. The number of rotatable bonds is 13. The summed E-state index contributed by atoms with van der Waals surface area (Å²) >= 11 is 3.46. The maximum Gasteiger partial charge on any atom is 0.250 e. The van der Waals surface area contributed by atoms with Crippen molar-refractivity contribution in [3.05, 3.63) is 51.5 Å². The van der Waals surface area contributed by atoms with Crippen LogP contribution in [0.3, 0.4) is 0 Å². The van der Waals surface area contributed by atoms with E-state index in [1.54, 1.807) is 0 Å². The lowest BCUT2D eigenvalue weighted by atomic mass is 9.97. The lowest BCUT2D eigenvalue weighted by Crippen LogP contribution is -2.33. The van der Waals surface area contributed by atoms with E-state index in [4.69, 9.17) is 15.2 Å². The molecule has 8 heteroatoms. The summed E-state index contributed by atoms with van der Waals surface area (Å²) in [4.78, 5) is 14.5. The molecule has 1 unspecified atom stereocenters. The van der Waals surface area contributed by atoms with E-state index in [0.717, 1.165) is 45.6 Å². The molecule has 1 heterocycles. The minimum Gasteiger partial charge on any atom is -0.490 e. The Balaban J connectivity index is 1.59. The quantitative estimate of drug-likeness (QED) is 0.340. The van der Waals surface area contributed by atoms with Crippen molar-refractivity contribution in [2.75, 3.05) is 37.8 Å². The molecule has 3 rings (SSSR count). The predicted octanol–water partition coefficient (Wildman–Crippen LogP) is 3.68. The van der Waals surface area contributed by atoms with E-state index >= 15 is 0 Å². The number of nitrogens with one attached hydrogen (secondary N) is 1. The predicted molar refractivity (Wildman–Crippen MR) is 139 cm³/mol. The number of hydrogen-bond acceptors (Lipinski definition) is 6. The Hall–Kier alpha value is -2.29. The molecule has 0 fully saturated rings. The second-order valence-corrected chi connectivity index (χ2v) is 9.69. The van der Waals surface area contributed by atoms with Crippen molar-refractivity contribution >= 4 is 27.5 Å². The minimum absolute atomic E-state index is 0.129. The van der Waals surface area contributed by atoms with Gasteiger partial charge in [-0.05, 0) is 75.4 Å². The lowest BCUT2D eigenvalue weighted by Gasteiger charge is -2.26. The fourth-order valence-corrected chi connectivity index (χ4v) is 4.88. The molecule has 0 aliphatic carbocycles. The zero-order valence-electron chi connectivity index (χ0n) is 20.3. The van der Waals surface area contributed by atoms with Crippen molar-refractivity contribution in [3.8, 4) is 11.5 Å². The Morgan fingerprint density at radius 1 is 1.29 bits per heavy atom. The number of hydrogen-bond donors (Lipinski definition) is 3. The van der Waals surface area contributed by atoms with Crippen LogP contribution in [0.2, 0.25) is 0 Å². The van der Waals surface area contributed by atoms with Crippen molar-refractivity contribution in [1.29, 1.82) is 0 Å². The maximum absolute atomic E-state index is 12.3. The number of carbonyl (C=O) groups excluding carboxylic acids is 1. The molecule has 1 aliphatic rings. The first-order valence-corrected chi connectivity index (χ1v) is 12.7. The molecule has 1 aliphatic heterocycles. The molecule has 4 N–H and O–H groups in total. The van der Waals surface area contributed by atoms with Crippen LogP contribution in [-0.2, 0) is 12.8 Å². The van der Waals surface area contributed by atoms with Gasteiger partial charge < -0.3 is 30.5 Å². The number of fused-ring (bicyclic) bond motifs is 1. The number of aliphatic hydroxyl groups excluding tert-OH is 1. The first-order valence-electron chi connectivity index (χ1n) is 12.0. The summed E-state index contributed by atoms with van der Waals surface area (Å²) in [5.41, 5.74) is 9.52. The van der Waals surface area contributed by atoms with E-state index in [2.05, 4.69) is 46.1 Å². The number of aliphatic hydroxyl groups is 1. The van der Waals surface area contributed by atoms with Crippen LogP contribution >= 0.6 is 15.9 Å². The molecule has 0 saturated heterocycles. The van der Waals surface area contributed by atoms with Crippen LogP contribution < -0.4 is 25.4 Å². The molecule has 2 aromatic carbocycles. The molecular formula is C26H36BrN3O4. The van der Waals surface area contributed by atoms with Crippen molar-refractivity contribution in [2.24, 2.45) is 5.73 Å². The van der Waals surface area contributed by atoms with E-state index in [9.17, 15) is 9.90 Å². The molecule has 34 heavy (non-hydrogen) atoms. The number of anilines is 1. The molecule has 7 nitrogen and oxygen atoms in total. The molecule has 1 amide bonds. The van der Waals surface area contributed by atoms with Crippen LogP contribution in [0.4, 0.5) is 5.69 Å². The molecule has 0 saturated carbocycles. The summed E-state index contributed by atoms with van der Waals surface area (Å²) in [5.74, 6) is 1.04. The normalized spacial score (nSPS) is 15.8. The summed E-state index contributed by atoms with van der Waals surface area (Å²) < 4.78 is 12.5. The third kappa shape index (κ3) is 6.64. The SMILES string of the molecule is CCOc1cc(Br)ccc1OCCN[C@H](C)Cc1cc2c(c(C(N)=O)c1)N(CCCO)C(C)C2. The average molecular weight is 534 g/mol. The highest BCUT2D eigenvalue weighted by Gasteiger charge is 2.30. The van der Waals surface area contributed by atoms with Crippen LogP contribution in [-0.4, -0.2) is 56.0 Å². The van der Waals surface area contributed by atoms with Gasteiger partial charge in [0.15, 0.2) is 11.5 Å². The van der Waals surface area contributed by atoms with Gasteiger partial charge in [0.05, 0.1) is 17.9 Å². The number of benzene rings is 2. The first kappa shape index (κ1) is 26.3. The van der Waals surface area contributed by atoms with Crippen LogP contribution in [0.15, 0.2) is 34.8 Å². The molecule has 0 spiro atoms. The minimum atomic E-state index is -0.408. The Bertz CT molecular complexity index is 985. The van der Waals surface area contributed by atoms with Crippen LogP contribution in [0, 0.1) is 0 Å². The standard InChI is InChI=1S/C26H36BrN3O4/c1-4-33-24-16-21(27)6-7-23(24)34-11-8-29-17(2)12-19-14-20-13-18(3)30(9-5-10-31)25(20)22(15-19)26(28)32/h6-7,14-18,29,31H,4-5,8-13H2,1-3H3,(H2,28,32)/t17-,18?/m1/s1. The smallest absolute Gasteiger partial charge is 0.250 e. The van der Waals surface area contributed by atoms with Crippen molar-refractivity contribution in [1.82, 2.24) is 5.32 Å². The number of nitrogens with zero attached hydrogens (tertiary/aromatic N) is 1. The zero-order valence-corrected chi connectivity index (χ0v) is 21.9. The van der Waals surface area contributed by atoms with Gasteiger partial charge in [-0.2, -0.15) is 0 Å². The van der Waals surface area contributed by atoms with E-state index in [0.29, 0.717) is 38.3 Å². The lowest BCUT2D eigenvalue weighted by molar-refractivity contribution is 0.100. The highest BCUT2D eigenvalue weighted by Crippen LogP contribution is 2.37. The van der Waals surface area contributed by atoms with Crippen molar-refractivity contribution in [3.63, 3.8) is 0 Å². The van der Waals surface area contributed by atoms with E-state index in [1.807, 2.05) is 31.2 Å². The van der Waals surface area contributed by atoms with Gasteiger partial charge in [0, 0.05) is 36.3 Å². The largest absolute Gasteiger partial charge is 0.490 e. The Morgan fingerprint density at radius 2 is 2.09 bits per heavy atom. The second-order valence-electron chi connectivity index (χ2n) is 8.77. The molecule has 186 valence electrons. The van der Waals surface area contributed by atoms with Crippen molar-refractivity contribution < 1.29 is 19.4 Å². The third-order valence-corrected chi connectivity index (χ3v) is 6.50. The van der Waals surface area contributed by atoms with Crippen LogP contribution in [0.1, 0.15) is 48.7 Å². The van der Waals surface area contributed by atoms with Gasteiger partial charge in [-0.3, -0.25) is 4.79 Å². The van der Waals surface area contributed by atoms with E-state index in [1.165, 1.54) is 0 Å². The summed E-state index contributed by atoms with van der Waals surface area (Å²) in [6.07, 6.45) is 2.32. The highest BCUT2D eigenvalue weighted by molar-refractivity contribution is 9.10. The number of halogens is 1. The van der Waals surface area contributed by atoms with Gasteiger partial charge in [0.1, 0.15) is 6.61 Å². The van der Waals surface area contributed by atoms with Crippen LogP contribution in [0.5, 0.6) is 11.5 Å². The van der Waals surface area contributed by atoms with Gasteiger partial charge >= 0.3 is 0 Å². The molecular weight excluding hydrogens is 498 g/mol. The molecule has 0 radical (unpaired) electrons. The average Bonchev–Trinajstić information content (AvgIpc) is 3.10. The topological polar surface area (TPSA) is 97.1 Å². The number of ether oxygens (including phenoxy) is 2. The summed E-state index contributed by atoms with van der Waals surface area (Å²) in [6, 6.07) is 10.3. The van der Waals surface area contributed by atoms with E-state index < -0.39 is 5.91 Å². The number of carbonyl (C=O) groups is 1. The number of primary amides is 1. The Morgan fingerprint density at radius 3 is 2.79 bits per heavy atom. The molecule has 0 aromatic heterocycles. The van der Waals surface area contributed by atoms with Gasteiger partial charge in [0.25, 0.3) is 5.91 Å². The zero-order chi connectivity index (χ0) is 24.7. The summed E-state index contributed by atoms with van der Waals surface area (Å²) in [7, 11) is 0. The maximum atomic E-state index is 12.3.